The molecule has 0 aromatic heterocycles. The number of halogens is 1. The number of sulfonamides is 1. The third-order valence-electron chi connectivity index (χ3n) is 3.63. The summed E-state index contributed by atoms with van der Waals surface area (Å²) in [6, 6.07) is 6.61. The molecule has 1 heterocycles. The SMILES string of the molecule is CCCS(=O)(=O)N1CC[NH+](Cc2cccc(F)c2)CC1. The van der Waals surface area contributed by atoms with Crippen LogP contribution in [0.5, 0.6) is 0 Å². The molecule has 112 valence electrons. The van der Waals surface area contributed by atoms with Gasteiger partial charge in [0.05, 0.1) is 31.9 Å². The van der Waals surface area contributed by atoms with E-state index in [1.54, 1.807) is 16.4 Å². The maximum absolute atomic E-state index is 13.1. The van der Waals surface area contributed by atoms with Crippen molar-refractivity contribution >= 4 is 10.0 Å². The Morgan fingerprint density at radius 2 is 2.00 bits per heavy atom. The summed E-state index contributed by atoms with van der Waals surface area (Å²) in [5, 5.41) is 0. The summed E-state index contributed by atoms with van der Waals surface area (Å²) in [7, 11) is -3.08. The van der Waals surface area contributed by atoms with Crippen LogP contribution in [0.3, 0.4) is 0 Å². The average Bonchev–Trinajstić information content (AvgIpc) is 2.39. The summed E-state index contributed by atoms with van der Waals surface area (Å²) >= 11 is 0. The molecule has 0 radical (unpaired) electrons. The van der Waals surface area contributed by atoms with Gasteiger partial charge >= 0.3 is 0 Å². The van der Waals surface area contributed by atoms with Crippen molar-refractivity contribution in [3.8, 4) is 0 Å². The Hall–Kier alpha value is -0.980. The van der Waals surface area contributed by atoms with Crippen LogP contribution in [0.1, 0.15) is 18.9 Å². The highest BCUT2D eigenvalue weighted by Gasteiger charge is 2.28. The van der Waals surface area contributed by atoms with Gasteiger partial charge in [-0.2, -0.15) is 4.31 Å². The molecule has 0 spiro atoms. The highest BCUT2D eigenvalue weighted by Crippen LogP contribution is 2.05. The first kappa shape index (κ1) is 15.4. The van der Waals surface area contributed by atoms with Gasteiger partial charge in [0, 0.05) is 5.56 Å². The normalized spacial score (nSPS) is 18.3. The van der Waals surface area contributed by atoms with Gasteiger partial charge in [-0.1, -0.05) is 19.1 Å². The molecule has 0 saturated carbocycles. The van der Waals surface area contributed by atoms with Gasteiger partial charge in [-0.25, -0.2) is 12.8 Å². The van der Waals surface area contributed by atoms with Crippen molar-refractivity contribution in [2.45, 2.75) is 19.9 Å². The molecule has 0 amide bonds. The van der Waals surface area contributed by atoms with Crippen molar-refractivity contribution in [2.75, 3.05) is 31.9 Å². The minimum absolute atomic E-state index is 0.217. The van der Waals surface area contributed by atoms with Gasteiger partial charge in [-0.3, -0.25) is 0 Å². The third kappa shape index (κ3) is 4.01. The van der Waals surface area contributed by atoms with Gasteiger partial charge in [0.2, 0.25) is 10.0 Å². The second-order valence-corrected chi connectivity index (χ2v) is 7.36. The van der Waals surface area contributed by atoms with Gasteiger partial charge < -0.3 is 4.90 Å². The van der Waals surface area contributed by atoms with Crippen LogP contribution in [0.4, 0.5) is 4.39 Å². The first-order valence-corrected chi connectivity index (χ1v) is 8.68. The standard InChI is InChI=1S/C14H21FN2O2S/c1-2-10-20(18,19)17-8-6-16(7-9-17)12-13-4-3-5-14(15)11-13/h3-5,11H,2,6-10,12H2,1H3/p+1. The average molecular weight is 301 g/mol. The lowest BCUT2D eigenvalue weighted by molar-refractivity contribution is -0.917. The minimum Gasteiger partial charge on any atom is -0.329 e. The van der Waals surface area contributed by atoms with Crippen molar-refractivity contribution in [1.29, 1.82) is 0 Å². The number of hydrogen-bond acceptors (Lipinski definition) is 2. The van der Waals surface area contributed by atoms with Crippen molar-refractivity contribution in [2.24, 2.45) is 0 Å². The molecule has 1 aromatic rings. The molecule has 0 aliphatic carbocycles. The topological polar surface area (TPSA) is 41.8 Å². The fraction of sp³-hybridized carbons (Fsp3) is 0.571. The fourth-order valence-electron chi connectivity index (χ4n) is 2.58. The van der Waals surface area contributed by atoms with E-state index in [0.717, 1.165) is 25.2 Å². The van der Waals surface area contributed by atoms with Crippen molar-refractivity contribution in [1.82, 2.24) is 4.31 Å². The van der Waals surface area contributed by atoms with Crippen LogP contribution in [0.2, 0.25) is 0 Å². The largest absolute Gasteiger partial charge is 0.329 e. The third-order valence-corrected chi connectivity index (χ3v) is 5.70. The fourth-order valence-corrected chi connectivity index (χ4v) is 4.09. The Morgan fingerprint density at radius 3 is 2.60 bits per heavy atom. The van der Waals surface area contributed by atoms with Crippen molar-refractivity contribution < 1.29 is 17.7 Å². The van der Waals surface area contributed by atoms with E-state index in [1.165, 1.54) is 11.0 Å². The summed E-state index contributed by atoms with van der Waals surface area (Å²) in [6.07, 6.45) is 0.651. The van der Waals surface area contributed by atoms with Crippen molar-refractivity contribution in [3.05, 3.63) is 35.6 Å². The molecule has 1 aliphatic rings. The maximum Gasteiger partial charge on any atom is 0.214 e. The summed E-state index contributed by atoms with van der Waals surface area (Å²) < 4.78 is 38.6. The molecule has 1 N–H and O–H groups in total. The van der Waals surface area contributed by atoms with Crippen LogP contribution in [-0.4, -0.2) is 44.7 Å². The van der Waals surface area contributed by atoms with E-state index in [2.05, 4.69) is 0 Å². The van der Waals surface area contributed by atoms with Gasteiger partial charge in [-0.15, -0.1) is 0 Å². The predicted molar refractivity (Wildman–Crippen MR) is 76.5 cm³/mol. The quantitative estimate of drug-likeness (QED) is 0.848. The smallest absolute Gasteiger partial charge is 0.214 e. The summed E-state index contributed by atoms with van der Waals surface area (Å²) in [5.74, 6) is 0.0118. The monoisotopic (exact) mass is 301 g/mol. The number of piperazine rings is 1. The number of nitrogens with zero attached hydrogens (tertiary/aromatic N) is 1. The van der Waals surface area contributed by atoms with E-state index in [1.807, 2.05) is 13.0 Å². The van der Waals surface area contributed by atoms with E-state index in [0.29, 0.717) is 19.5 Å². The molecule has 20 heavy (non-hydrogen) atoms. The van der Waals surface area contributed by atoms with Gasteiger partial charge in [0.15, 0.2) is 0 Å². The molecule has 0 bridgehead atoms. The zero-order chi connectivity index (χ0) is 14.6. The van der Waals surface area contributed by atoms with Gasteiger partial charge in [0.25, 0.3) is 0 Å². The van der Waals surface area contributed by atoms with Crippen molar-refractivity contribution in [3.63, 3.8) is 0 Å². The van der Waals surface area contributed by atoms with E-state index < -0.39 is 10.0 Å². The Kier molecular flexibility index (Phi) is 5.12. The molecule has 1 aromatic carbocycles. The number of hydrogen-bond donors (Lipinski definition) is 1. The lowest BCUT2D eigenvalue weighted by Crippen LogP contribution is -3.13. The molecule has 1 fully saturated rings. The Balaban J connectivity index is 1.89. The summed E-state index contributed by atoms with van der Waals surface area (Å²) in [5.41, 5.74) is 0.963. The van der Waals surface area contributed by atoms with Crippen LogP contribution in [0.15, 0.2) is 24.3 Å². The summed E-state index contributed by atoms with van der Waals surface area (Å²) in [4.78, 5) is 1.30. The van der Waals surface area contributed by atoms with Crippen LogP contribution >= 0.6 is 0 Å². The van der Waals surface area contributed by atoms with Gasteiger partial charge in [-0.05, 0) is 18.6 Å². The molecular formula is C14H22FN2O2S+. The predicted octanol–water partition coefficient (Wildman–Crippen LogP) is 0.266. The minimum atomic E-state index is -3.08. The zero-order valence-corrected chi connectivity index (χ0v) is 12.6. The number of quaternary nitrogens is 1. The van der Waals surface area contributed by atoms with E-state index >= 15 is 0 Å². The summed E-state index contributed by atoms with van der Waals surface area (Å²) in [6.45, 7) is 5.31. The van der Waals surface area contributed by atoms with Gasteiger partial charge in [0.1, 0.15) is 12.4 Å². The lowest BCUT2D eigenvalue weighted by atomic mass is 10.2. The first-order chi connectivity index (χ1) is 9.51. The maximum atomic E-state index is 13.1. The van der Waals surface area contributed by atoms with Crippen LogP contribution in [0.25, 0.3) is 0 Å². The number of rotatable bonds is 5. The van der Waals surface area contributed by atoms with E-state index in [-0.39, 0.29) is 11.6 Å². The Morgan fingerprint density at radius 1 is 1.30 bits per heavy atom. The molecule has 2 rings (SSSR count). The second kappa shape index (κ2) is 6.65. The Bertz CT molecular complexity index is 540. The number of benzene rings is 1. The molecule has 4 nitrogen and oxygen atoms in total. The highest BCUT2D eigenvalue weighted by atomic mass is 32.2. The second-order valence-electron chi connectivity index (χ2n) is 5.27. The lowest BCUT2D eigenvalue weighted by Gasteiger charge is -2.31. The molecule has 6 heteroatoms. The molecular weight excluding hydrogens is 279 g/mol. The molecule has 1 saturated heterocycles. The van der Waals surface area contributed by atoms with Crippen LogP contribution in [0, 0.1) is 5.82 Å². The van der Waals surface area contributed by atoms with E-state index in [9.17, 15) is 12.8 Å². The van der Waals surface area contributed by atoms with Crippen LogP contribution < -0.4 is 4.90 Å². The first-order valence-electron chi connectivity index (χ1n) is 7.07. The molecule has 0 atom stereocenters. The van der Waals surface area contributed by atoms with E-state index in [4.69, 9.17) is 0 Å². The molecule has 1 aliphatic heterocycles. The van der Waals surface area contributed by atoms with Crippen LogP contribution in [-0.2, 0) is 16.6 Å². The molecule has 0 unspecified atom stereocenters. The highest BCUT2D eigenvalue weighted by molar-refractivity contribution is 7.89. The Labute approximate surface area is 120 Å². The zero-order valence-electron chi connectivity index (χ0n) is 11.8. The number of nitrogens with one attached hydrogen (secondary N) is 1.